The molecule has 0 radical (unpaired) electrons. The molecule has 100 valence electrons. The van der Waals surface area contributed by atoms with E-state index in [0.29, 0.717) is 11.5 Å². The van der Waals surface area contributed by atoms with E-state index in [9.17, 15) is 18.0 Å². The van der Waals surface area contributed by atoms with Crippen molar-refractivity contribution in [1.82, 2.24) is 4.90 Å². The Hall–Kier alpha value is -0.980. The van der Waals surface area contributed by atoms with Crippen molar-refractivity contribution in [3.05, 3.63) is 0 Å². The van der Waals surface area contributed by atoms with Gasteiger partial charge in [-0.3, -0.25) is 4.90 Å². The van der Waals surface area contributed by atoms with Crippen molar-refractivity contribution in [2.24, 2.45) is 0 Å². The summed E-state index contributed by atoms with van der Waals surface area (Å²) in [5.41, 5.74) is -0.814. The molecule has 0 aromatic heterocycles. The highest BCUT2D eigenvalue weighted by Gasteiger charge is 2.38. The van der Waals surface area contributed by atoms with Crippen LogP contribution >= 0.6 is 0 Å². The standard InChI is InChI=1S/C10H16F3NO3/c1-9(2,3)17-8(15)14(4-7-5-16-7)6-10(11,12)13/h7H,4-6H2,1-3H3. The molecule has 0 saturated carbocycles. The Morgan fingerprint density at radius 2 is 1.94 bits per heavy atom. The molecule has 0 bridgehead atoms. The van der Waals surface area contributed by atoms with Crippen LogP contribution in [-0.2, 0) is 9.47 Å². The molecule has 4 nitrogen and oxygen atoms in total. The van der Waals surface area contributed by atoms with Crippen LogP contribution in [0.25, 0.3) is 0 Å². The molecule has 1 saturated heterocycles. The number of epoxide rings is 1. The van der Waals surface area contributed by atoms with Crippen LogP contribution in [0.5, 0.6) is 0 Å². The Morgan fingerprint density at radius 1 is 1.41 bits per heavy atom. The monoisotopic (exact) mass is 255 g/mol. The minimum atomic E-state index is -4.44. The van der Waals surface area contributed by atoms with Gasteiger partial charge in [-0.2, -0.15) is 13.2 Å². The Kier molecular flexibility index (Phi) is 3.91. The number of alkyl halides is 3. The molecule has 1 aliphatic heterocycles. The van der Waals surface area contributed by atoms with Crippen LogP contribution in [0.2, 0.25) is 0 Å². The van der Waals surface area contributed by atoms with E-state index in [-0.39, 0.29) is 12.6 Å². The Balaban J connectivity index is 2.57. The Morgan fingerprint density at radius 3 is 2.29 bits per heavy atom. The van der Waals surface area contributed by atoms with Gasteiger partial charge in [0.05, 0.1) is 19.3 Å². The second-order valence-corrected chi connectivity index (χ2v) is 4.93. The van der Waals surface area contributed by atoms with Gasteiger partial charge in [0.25, 0.3) is 0 Å². The van der Waals surface area contributed by atoms with E-state index in [0.717, 1.165) is 0 Å². The van der Waals surface area contributed by atoms with Crippen molar-refractivity contribution < 1.29 is 27.4 Å². The zero-order valence-corrected chi connectivity index (χ0v) is 10.0. The predicted octanol–water partition coefficient (Wildman–Crippen LogP) is 2.18. The second kappa shape index (κ2) is 4.72. The van der Waals surface area contributed by atoms with Gasteiger partial charge in [-0.1, -0.05) is 0 Å². The minimum absolute atomic E-state index is 0.0889. The fourth-order valence-electron chi connectivity index (χ4n) is 1.17. The molecule has 1 fully saturated rings. The summed E-state index contributed by atoms with van der Waals surface area (Å²) >= 11 is 0. The maximum absolute atomic E-state index is 12.3. The summed E-state index contributed by atoms with van der Waals surface area (Å²) in [6, 6.07) is 0. The van der Waals surface area contributed by atoms with Gasteiger partial charge in [-0.25, -0.2) is 4.79 Å². The molecule has 17 heavy (non-hydrogen) atoms. The van der Waals surface area contributed by atoms with Gasteiger partial charge >= 0.3 is 12.3 Å². The van der Waals surface area contributed by atoms with E-state index in [1.165, 1.54) is 0 Å². The molecule has 0 aromatic carbocycles. The molecule has 1 amide bonds. The molecule has 1 atom stereocenters. The lowest BCUT2D eigenvalue weighted by Gasteiger charge is -2.27. The molecule has 1 aliphatic rings. The largest absolute Gasteiger partial charge is 0.444 e. The van der Waals surface area contributed by atoms with Gasteiger partial charge in [0.1, 0.15) is 12.1 Å². The van der Waals surface area contributed by atoms with Gasteiger partial charge in [-0.15, -0.1) is 0 Å². The lowest BCUT2D eigenvalue weighted by atomic mass is 10.2. The van der Waals surface area contributed by atoms with Crippen molar-refractivity contribution in [2.75, 3.05) is 19.7 Å². The van der Waals surface area contributed by atoms with E-state index >= 15 is 0 Å². The summed E-state index contributed by atoms with van der Waals surface area (Å²) in [6.45, 7) is 3.78. The zero-order valence-electron chi connectivity index (χ0n) is 10.0. The summed E-state index contributed by atoms with van der Waals surface area (Å²) < 4.78 is 46.6. The number of rotatable bonds is 3. The van der Waals surface area contributed by atoms with Crippen molar-refractivity contribution in [3.8, 4) is 0 Å². The first kappa shape index (κ1) is 14.1. The molecule has 1 rings (SSSR count). The van der Waals surface area contributed by atoms with E-state index in [1.54, 1.807) is 20.8 Å². The minimum Gasteiger partial charge on any atom is -0.444 e. The van der Waals surface area contributed by atoms with Crippen LogP contribution in [0, 0.1) is 0 Å². The van der Waals surface area contributed by atoms with Crippen LogP contribution in [0.3, 0.4) is 0 Å². The number of halogens is 3. The van der Waals surface area contributed by atoms with Crippen molar-refractivity contribution in [1.29, 1.82) is 0 Å². The summed E-state index contributed by atoms with van der Waals surface area (Å²) in [5.74, 6) is 0. The van der Waals surface area contributed by atoms with Crippen LogP contribution in [0.4, 0.5) is 18.0 Å². The van der Waals surface area contributed by atoms with Gasteiger partial charge in [0.15, 0.2) is 0 Å². The lowest BCUT2D eigenvalue weighted by Crippen LogP contribution is -2.43. The van der Waals surface area contributed by atoms with Crippen LogP contribution < -0.4 is 0 Å². The molecule has 1 heterocycles. The molecule has 0 spiro atoms. The average Bonchev–Trinajstić information content (AvgIpc) is 2.80. The van der Waals surface area contributed by atoms with Crippen LogP contribution in [0.1, 0.15) is 20.8 Å². The smallest absolute Gasteiger partial charge is 0.410 e. The quantitative estimate of drug-likeness (QED) is 0.726. The van der Waals surface area contributed by atoms with Gasteiger partial charge in [0.2, 0.25) is 0 Å². The number of hydrogen-bond donors (Lipinski definition) is 0. The highest BCUT2D eigenvalue weighted by molar-refractivity contribution is 5.68. The number of amides is 1. The zero-order chi connectivity index (χ0) is 13.3. The second-order valence-electron chi connectivity index (χ2n) is 4.93. The number of carbonyl (C=O) groups is 1. The average molecular weight is 255 g/mol. The van der Waals surface area contributed by atoms with Gasteiger partial charge in [0, 0.05) is 0 Å². The highest BCUT2D eigenvalue weighted by atomic mass is 19.4. The van der Waals surface area contributed by atoms with Gasteiger partial charge < -0.3 is 9.47 Å². The number of carbonyl (C=O) groups excluding carboxylic acids is 1. The van der Waals surface area contributed by atoms with Gasteiger partial charge in [-0.05, 0) is 20.8 Å². The normalized spacial score (nSPS) is 20.0. The third kappa shape index (κ3) is 6.35. The third-order valence-corrected chi connectivity index (χ3v) is 1.85. The summed E-state index contributed by atoms with van der Waals surface area (Å²) in [4.78, 5) is 12.2. The molecule has 0 N–H and O–H groups in total. The molecule has 0 aliphatic carbocycles. The summed E-state index contributed by atoms with van der Waals surface area (Å²) in [6.07, 6.45) is -5.71. The Bertz CT molecular complexity index is 282. The van der Waals surface area contributed by atoms with Crippen LogP contribution in [-0.4, -0.2) is 48.6 Å². The maximum Gasteiger partial charge on any atom is 0.410 e. The van der Waals surface area contributed by atoms with E-state index in [1.807, 2.05) is 0 Å². The van der Waals surface area contributed by atoms with Crippen molar-refractivity contribution >= 4 is 6.09 Å². The SMILES string of the molecule is CC(C)(C)OC(=O)N(CC1CO1)CC(F)(F)F. The lowest BCUT2D eigenvalue weighted by molar-refractivity contribution is -0.144. The number of hydrogen-bond acceptors (Lipinski definition) is 3. The fraction of sp³-hybridized carbons (Fsp3) is 0.900. The summed E-state index contributed by atoms with van der Waals surface area (Å²) in [7, 11) is 0. The number of ether oxygens (including phenoxy) is 2. The van der Waals surface area contributed by atoms with Crippen molar-refractivity contribution in [2.45, 2.75) is 38.7 Å². The fourth-order valence-corrected chi connectivity index (χ4v) is 1.17. The predicted molar refractivity (Wildman–Crippen MR) is 53.6 cm³/mol. The van der Waals surface area contributed by atoms with E-state index in [2.05, 4.69) is 0 Å². The molecule has 1 unspecified atom stereocenters. The van der Waals surface area contributed by atoms with Crippen LogP contribution in [0.15, 0.2) is 0 Å². The number of nitrogens with zero attached hydrogens (tertiary/aromatic N) is 1. The first-order valence-electron chi connectivity index (χ1n) is 5.23. The first-order valence-corrected chi connectivity index (χ1v) is 5.23. The van der Waals surface area contributed by atoms with E-state index in [4.69, 9.17) is 9.47 Å². The third-order valence-electron chi connectivity index (χ3n) is 1.85. The topological polar surface area (TPSA) is 42.1 Å². The molecule has 0 aromatic rings. The Labute approximate surface area is 97.7 Å². The first-order chi connectivity index (χ1) is 7.57. The highest BCUT2D eigenvalue weighted by Crippen LogP contribution is 2.21. The summed E-state index contributed by atoms with van der Waals surface area (Å²) in [5, 5.41) is 0. The maximum atomic E-state index is 12.3. The molecule has 7 heteroatoms. The van der Waals surface area contributed by atoms with E-state index < -0.39 is 24.4 Å². The molecular formula is C10H16F3NO3. The van der Waals surface area contributed by atoms with Crippen molar-refractivity contribution in [3.63, 3.8) is 0 Å². The molecular weight excluding hydrogens is 239 g/mol.